The van der Waals surface area contributed by atoms with E-state index >= 15 is 0 Å². The Morgan fingerprint density at radius 3 is 2.63 bits per heavy atom. The third-order valence-corrected chi connectivity index (χ3v) is 8.00. The maximum absolute atomic E-state index is 13.5. The Kier molecular flexibility index (Phi) is 6.85. The zero-order valence-electron chi connectivity index (χ0n) is 23.2. The normalized spacial score (nSPS) is 22.1. The van der Waals surface area contributed by atoms with Gasteiger partial charge in [0.25, 0.3) is 5.56 Å². The van der Waals surface area contributed by atoms with Gasteiger partial charge in [0.05, 0.1) is 19.4 Å². The molecule has 0 saturated carbocycles. The molecule has 43 heavy (non-hydrogen) atoms. The first kappa shape index (κ1) is 27.1. The molecule has 0 unspecified atom stereocenters. The van der Waals surface area contributed by atoms with E-state index in [0.717, 1.165) is 32.1 Å². The summed E-state index contributed by atoms with van der Waals surface area (Å²) in [5.41, 5.74) is 2.74. The maximum atomic E-state index is 13.5. The first-order valence-corrected chi connectivity index (χ1v) is 14.0. The third kappa shape index (κ3) is 5.01. The Morgan fingerprint density at radius 2 is 1.81 bits per heavy atom. The van der Waals surface area contributed by atoms with Crippen molar-refractivity contribution in [2.75, 3.05) is 18.5 Å². The number of nitrogens with zero attached hydrogens (tertiary/aromatic N) is 2. The lowest BCUT2D eigenvalue weighted by Crippen LogP contribution is -2.34. The summed E-state index contributed by atoms with van der Waals surface area (Å²) in [5, 5.41) is 24.7. The second-order valence-corrected chi connectivity index (χ2v) is 10.8. The number of anilines is 1. The van der Waals surface area contributed by atoms with Crippen LogP contribution < -0.4 is 15.6 Å². The van der Waals surface area contributed by atoms with Crippen molar-refractivity contribution in [3.8, 4) is 17.1 Å². The Morgan fingerprint density at radius 1 is 1.05 bits per heavy atom. The quantitative estimate of drug-likeness (QED) is 0.245. The topological polar surface area (TPSA) is 145 Å². The molecule has 0 bridgehead atoms. The van der Waals surface area contributed by atoms with Crippen LogP contribution in [0.5, 0.6) is 5.75 Å². The zero-order chi connectivity index (χ0) is 29.7. The second kappa shape index (κ2) is 10.8. The SMILES string of the molecule is C[C@@H](Nc1cnc(-c2ccc(O[C@@H]3CO[C@H]4[C@@H]3OC[C@H]4O)cc2)n(CC(=O)O)c1=O)c1ccc2oc3ccccc3c2c1. The monoisotopic (exact) mass is 583 g/mol. The van der Waals surface area contributed by atoms with E-state index < -0.39 is 30.3 Å². The highest BCUT2D eigenvalue weighted by atomic mass is 16.6. The summed E-state index contributed by atoms with van der Waals surface area (Å²) in [6.07, 6.45) is -0.347. The van der Waals surface area contributed by atoms with Crippen molar-refractivity contribution in [3.05, 3.63) is 88.8 Å². The van der Waals surface area contributed by atoms with E-state index in [1.807, 2.05) is 49.4 Å². The minimum absolute atomic E-state index is 0.184. The molecule has 2 aromatic heterocycles. The first-order valence-electron chi connectivity index (χ1n) is 14.0. The van der Waals surface area contributed by atoms with E-state index in [9.17, 15) is 19.8 Å². The number of aromatic nitrogens is 2. The van der Waals surface area contributed by atoms with Gasteiger partial charge in [0.15, 0.2) is 6.10 Å². The Labute approximate surface area is 245 Å². The molecule has 5 aromatic rings. The molecular weight excluding hydrogens is 554 g/mol. The average Bonchev–Trinajstić information content (AvgIpc) is 3.70. The molecule has 11 heteroatoms. The molecule has 3 N–H and O–H groups in total. The fraction of sp³-hybridized carbons (Fsp3) is 0.281. The van der Waals surface area contributed by atoms with E-state index in [4.69, 9.17) is 18.6 Å². The summed E-state index contributed by atoms with van der Waals surface area (Å²) in [4.78, 5) is 29.8. The van der Waals surface area contributed by atoms with Gasteiger partial charge in [-0.05, 0) is 55.0 Å². The molecule has 5 atom stereocenters. The number of nitrogens with one attached hydrogen (secondary N) is 1. The fourth-order valence-corrected chi connectivity index (χ4v) is 5.84. The minimum atomic E-state index is -1.16. The Bertz CT molecular complexity index is 1880. The van der Waals surface area contributed by atoms with Gasteiger partial charge in [0.2, 0.25) is 0 Å². The number of aliphatic hydroxyl groups is 1. The molecule has 7 rings (SSSR count). The van der Waals surface area contributed by atoms with Crippen LogP contribution in [0, 0.1) is 0 Å². The number of para-hydroxylation sites is 1. The number of carboxylic acid groups (broad SMARTS) is 1. The van der Waals surface area contributed by atoms with Crippen LogP contribution in [0.25, 0.3) is 33.3 Å². The van der Waals surface area contributed by atoms with E-state index in [1.54, 1.807) is 24.3 Å². The minimum Gasteiger partial charge on any atom is -0.485 e. The largest absolute Gasteiger partial charge is 0.485 e. The van der Waals surface area contributed by atoms with Crippen LogP contribution >= 0.6 is 0 Å². The van der Waals surface area contributed by atoms with E-state index in [1.165, 1.54) is 6.20 Å². The van der Waals surface area contributed by atoms with Crippen molar-refractivity contribution in [1.82, 2.24) is 9.55 Å². The van der Waals surface area contributed by atoms with Gasteiger partial charge in [0, 0.05) is 22.4 Å². The highest BCUT2D eigenvalue weighted by Gasteiger charge is 2.48. The smallest absolute Gasteiger partial charge is 0.323 e. The summed E-state index contributed by atoms with van der Waals surface area (Å²) >= 11 is 0. The van der Waals surface area contributed by atoms with Gasteiger partial charge in [-0.25, -0.2) is 4.98 Å². The number of fused-ring (bicyclic) bond motifs is 4. The van der Waals surface area contributed by atoms with Gasteiger partial charge in [-0.3, -0.25) is 14.2 Å². The number of aliphatic carboxylic acids is 1. The molecule has 0 amide bonds. The number of carboxylic acids is 1. The molecule has 3 aromatic carbocycles. The number of hydrogen-bond acceptors (Lipinski definition) is 9. The third-order valence-electron chi connectivity index (χ3n) is 8.00. The first-order chi connectivity index (χ1) is 20.9. The highest BCUT2D eigenvalue weighted by Crippen LogP contribution is 2.32. The van der Waals surface area contributed by atoms with Crippen LogP contribution in [-0.4, -0.2) is 63.4 Å². The van der Waals surface area contributed by atoms with Crippen LogP contribution in [0.4, 0.5) is 5.69 Å². The van der Waals surface area contributed by atoms with Gasteiger partial charge in [0.1, 0.15) is 53.3 Å². The molecule has 2 aliphatic heterocycles. The number of rotatable bonds is 8. The number of benzene rings is 3. The van der Waals surface area contributed by atoms with Gasteiger partial charge < -0.3 is 34.2 Å². The predicted molar refractivity (Wildman–Crippen MR) is 157 cm³/mol. The van der Waals surface area contributed by atoms with Crippen molar-refractivity contribution >= 4 is 33.6 Å². The Hall–Kier alpha value is -4.71. The fourth-order valence-electron chi connectivity index (χ4n) is 5.84. The van der Waals surface area contributed by atoms with Gasteiger partial charge in [-0.15, -0.1) is 0 Å². The Balaban J connectivity index is 1.13. The predicted octanol–water partition coefficient (Wildman–Crippen LogP) is 3.97. The lowest BCUT2D eigenvalue weighted by Gasteiger charge is -2.19. The summed E-state index contributed by atoms with van der Waals surface area (Å²) < 4.78 is 24.3. The van der Waals surface area contributed by atoms with Crippen LogP contribution in [0.1, 0.15) is 18.5 Å². The highest BCUT2D eigenvalue weighted by molar-refractivity contribution is 6.05. The van der Waals surface area contributed by atoms with Crippen molar-refractivity contribution in [2.45, 2.75) is 43.9 Å². The standard InChI is InChI=1S/C32H29N3O8/c1-17(19-8-11-26-22(12-19)21-4-2-3-5-25(21)43-26)34-23-13-33-31(35(32(23)39)14-28(37)38)18-6-9-20(10-7-18)42-27-16-41-29-24(36)15-40-30(27)29/h2-13,17,24,27,29-30,34,36H,14-16H2,1H3,(H,37,38)/t17-,24-,27-,29-,30-/m1/s1. The molecule has 11 nitrogen and oxygen atoms in total. The summed E-state index contributed by atoms with van der Waals surface area (Å²) in [6.45, 7) is 1.87. The van der Waals surface area contributed by atoms with Crippen molar-refractivity contribution in [3.63, 3.8) is 0 Å². The zero-order valence-corrected chi connectivity index (χ0v) is 23.2. The molecule has 2 fully saturated rings. The van der Waals surface area contributed by atoms with Gasteiger partial charge >= 0.3 is 5.97 Å². The number of aliphatic hydroxyl groups excluding tert-OH is 1. The maximum Gasteiger partial charge on any atom is 0.323 e. The lowest BCUT2D eigenvalue weighted by atomic mass is 10.0. The molecule has 2 aliphatic rings. The van der Waals surface area contributed by atoms with Crippen molar-refractivity contribution in [1.29, 1.82) is 0 Å². The van der Waals surface area contributed by atoms with Crippen LogP contribution in [0.2, 0.25) is 0 Å². The van der Waals surface area contributed by atoms with E-state index in [2.05, 4.69) is 10.3 Å². The number of hydrogen-bond donors (Lipinski definition) is 3. The van der Waals surface area contributed by atoms with Crippen LogP contribution in [0.15, 0.2) is 82.1 Å². The van der Waals surface area contributed by atoms with Crippen LogP contribution in [-0.2, 0) is 20.8 Å². The molecule has 2 saturated heterocycles. The second-order valence-electron chi connectivity index (χ2n) is 10.8. The summed E-state index contributed by atoms with van der Waals surface area (Å²) in [5.74, 6) is -0.401. The number of furan rings is 1. The number of ether oxygens (including phenoxy) is 3. The molecular formula is C32H29N3O8. The van der Waals surface area contributed by atoms with Crippen molar-refractivity contribution < 1.29 is 33.6 Å². The van der Waals surface area contributed by atoms with Gasteiger partial charge in [-0.2, -0.15) is 0 Å². The number of carbonyl (C=O) groups is 1. The molecule has 220 valence electrons. The molecule has 0 aliphatic carbocycles. The molecule has 0 spiro atoms. The van der Waals surface area contributed by atoms with E-state index in [0.29, 0.717) is 17.9 Å². The van der Waals surface area contributed by atoms with Gasteiger partial charge in [-0.1, -0.05) is 24.3 Å². The van der Waals surface area contributed by atoms with E-state index in [-0.39, 0.29) is 36.4 Å². The van der Waals surface area contributed by atoms with Crippen molar-refractivity contribution in [2.24, 2.45) is 0 Å². The average molecular weight is 584 g/mol. The lowest BCUT2D eigenvalue weighted by molar-refractivity contribution is -0.137. The molecule has 4 heterocycles. The van der Waals surface area contributed by atoms with Crippen LogP contribution in [0.3, 0.4) is 0 Å². The summed E-state index contributed by atoms with van der Waals surface area (Å²) in [7, 11) is 0. The molecule has 0 radical (unpaired) electrons. The summed E-state index contributed by atoms with van der Waals surface area (Å²) in [6, 6.07) is 20.3.